The van der Waals surface area contributed by atoms with Gasteiger partial charge in [-0.05, 0) is 19.1 Å². The highest BCUT2D eigenvalue weighted by Crippen LogP contribution is 2.26. The average Bonchev–Trinajstić information content (AvgIpc) is 3.23. The molecule has 118 valence electrons. The summed E-state index contributed by atoms with van der Waals surface area (Å²) >= 11 is 0. The van der Waals surface area contributed by atoms with Crippen LogP contribution < -0.4 is 0 Å². The summed E-state index contributed by atoms with van der Waals surface area (Å²) in [6, 6.07) is 16.5. The molecule has 0 spiro atoms. The Morgan fingerprint density at radius 2 is 1.71 bits per heavy atom. The van der Waals surface area contributed by atoms with E-state index >= 15 is 0 Å². The van der Waals surface area contributed by atoms with Gasteiger partial charge in [0, 0.05) is 17.5 Å². The van der Waals surface area contributed by atoms with E-state index < -0.39 is 0 Å². The molecule has 0 aliphatic carbocycles. The van der Waals surface area contributed by atoms with Crippen LogP contribution in [0.4, 0.5) is 4.39 Å². The molecule has 0 radical (unpaired) electrons. The maximum absolute atomic E-state index is 13.9. The average molecular weight is 318 g/mol. The molecule has 5 heteroatoms. The number of hydrogen-bond acceptors (Lipinski definition) is 2. The largest absolute Gasteiger partial charge is 0.341 e. The normalized spacial score (nSPS) is 10.9. The molecule has 0 fully saturated rings. The van der Waals surface area contributed by atoms with Crippen LogP contribution in [-0.2, 0) is 0 Å². The summed E-state index contributed by atoms with van der Waals surface area (Å²) in [4.78, 5) is 7.96. The Morgan fingerprint density at radius 1 is 0.958 bits per heavy atom. The third-order valence-electron chi connectivity index (χ3n) is 3.89. The van der Waals surface area contributed by atoms with Crippen molar-refractivity contribution >= 4 is 0 Å². The second kappa shape index (κ2) is 5.77. The van der Waals surface area contributed by atoms with Gasteiger partial charge in [0.1, 0.15) is 17.3 Å². The number of benzene rings is 2. The van der Waals surface area contributed by atoms with E-state index in [0.717, 1.165) is 22.5 Å². The summed E-state index contributed by atoms with van der Waals surface area (Å²) < 4.78 is 15.4. The molecular weight excluding hydrogens is 303 g/mol. The first-order valence-electron chi connectivity index (χ1n) is 7.64. The second-order valence-electron chi connectivity index (χ2n) is 5.55. The molecule has 2 aromatic heterocycles. The molecule has 1 N–H and O–H groups in total. The van der Waals surface area contributed by atoms with E-state index in [9.17, 15) is 4.39 Å². The van der Waals surface area contributed by atoms with Crippen molar-refractivity contribution in [2.75, 3.05) is 0 Å². The molecule has 2 heterocycles. The van der Waals surface area contributed by atoms with Crippen molar-refractivity contribution in [1.82, 2.24) is 19.7 Å². The number of nitrogens with one attached hydrogen (secondary N) is 1. The number of aromatic nitrogens is 4. The van der Waals surface area contributed by atoms with Gasteiger partial charge in [-0.15, -0.1) is 0 Å². The van der Waals surface area contributed by atoms with Crippen LogP contribution in [0.2, 0.25) is 0 Å². The van der Waals surface area contributed by atoms with E-state index in [4.69, 9.17) is 0 Å². The Labute approximate surface area is 138 Å². The first-order chi connectivity index (χ1) is 11.7. The Hall–Kier alpha value is -3.21. The van der Waals surface area contributed by atoms with Crippen LogP contribution in [0.15, 0.2) is 67.0 Å². The molecule has 0 amide bonds. The minimum Gasteiger partial charge on any atom is -0.341 e. The van der Waals surface area contributed by atoms with E-state index in [1.54, 1.807) is 30.6 Å². The lowest BCUT2D eigenvalue weighted by Crippen LogP contribution is -1.97. The molecule has 0 aliphatic heterocycles. The van der Waals surface area contributed by atoms with E-state index in [1.807, 2.05) is 37.3 Å². The number of halogens is 1. The number of nitrogens with zero attached hydrogens (tertiary/aromatic N) is 3. The van der Waals surface area contributed by atoms with Crippen molar-refractivity contribution in [3.05, 3.63) is 78.5 Å². The Bertz CT molecular complexity index is 986. The lowest BCUT2D eigenvalue weighted by Gasteiger charge is -2.01. The van der Waals surface area contributed by atoms with Gasteiger partial charge in [0.15, 0.2) is 0 Å². The van der Waals surface area contributed by atoms with Gasteiger partial charge in [-0.1, -0.05) is 42.5 Å². The molecule has 0 bridgehead atoms. The number of aryl methyl sites for hydroxylation is 1. The number of hydrogen-bond donors (Lipinski definition) is 1. The topological polar surface area (TPSA) is 46.5 Å². The van der Waals surface area contributed by atoms with Crippen LogP contribution in [0.5, 0.6) is 0 Å². The molecule has 0 aliphatic rings. The SMILES string of the molecule is Cc1[nH]c(-c2cnn(-c3ccccc3F)c2)nc1-c1ccccc1. The molecule has 4 rings (SSSR count). The standard InChI is InChI=1S/C19H15FN4/c1-13-18(14-7-3-2-4-8-14)23-19(22-13)15-11-21-24(12-15)17-10-6-5-9-16(17)20/h2-12H,1H3,(H,22,23). The van der Waals surface area contributed by atoms with Gasteiger partial charge in [-0.25, -0.2) is 14.1 Å². The molecule has 24 heavy (non-hydrogen) atoms. The van der Waals surface area contributed by atoms with Gasteiger partial charge < -0.3 is 4.98 Å². The fourth-order valence-electron chi connectivity index (χ4n) is 2.69. The molecular formula is C19H15FN4. The number of rotatable bonds is 3. The Morgan fingerprint density at radius 3 is 2.50 bits per heavy atom. The van der Waals surface area contributed by atoms with Crippen LogP contribution in [0.3, 0.4) is 0 Å². The van der Waals surface area contributed by atoms with E-state index in [2.05, 4.69) is 15.1 Å². The third-order valence-corrected chi connectivity index (χ3v) is 3.89. The van der Waals surface area contributed by atoms with Crippen molar-refractivity contribution in [3.8, 4) is 28.3 Å². The summed E-state index contributed by atoms with van der Waals surface area (Å²) in [5, 5.41) is 4.25. The second-order valence-corrected chi connectivity index (χ2v) is 5.55. The Kier molecular flexibility index (Phi) is 3.46. The zero-order chi connectivity index (χ0) is 16.5. The van der Waals surface area contributed by atoms with Gasteiger partial charge in [0.05, 0.1) is 17.5 Å². The smallest absolute Gasteiger partial charge is 0.148 e. The van der Waals surface area contributed by atoms with Gasteiger partial charge in [-0.2, -0.15) is 5.10 Å². The minimum atomic E-state index is -0.312. The maximum atomic E-state index is 13.9. The quantitative estimate of drug-likeness (QED) is 0.609. The van der Waals surface area contributed by atoms with Crippen molar-refractivity contribution in [3.63, 3.8) is 0 Å². The Balaban J connectivity index is 1.72. The van der Waals surface area contributed by atoms with Crippen LogP contribution in [0, 0.1) is 12.7 Å². The molecule has 2 aromatic carbocycles. The van der Waals surface area contributed by atoms with Crippen molar-refractivity contribution in [2.24, 2.45) is 0 Å². The minimum absolute atomic E-state index is 0.312. The highest BCUT2D eigenvalue weighted by Gasteiger charge is 2.13. The molecule has 0 unspecified atom stereocenters. The first-order valence-corrected chi connectivity index (χ1v) is 7.64. The zero-order valence-electron chi connectivity index (χ0n) is 13.1. The number of imidazole rings is 1. The summed E-state index contributed by atoms with van der Waals surface area (Å²) in [6.45, 7) is 1.99. The summed E-state index contributed by atoms with van der Waals surface area (Å²) in [5.41, 5.74) is 4.16. The third kappa shape index (κ3) is 2.50. The monoisotopic (exact) mass is 318 g/mol. The van der Waals surface area contributed by atoms with E-state index in [-0.39, 0.29) is 5.82 Å². The van der Waals surface area contributed by atoms with Gasteiger partial charge >= 0.3 is 0 Å². The zero-order valence-corrected chi connectivity index (χ0v) is 13.1. The van der Waals surface area contributed by atoms with E-state index in [0.29, 0.717) is 11.5 Å². The first kappa shape index (κ1) is 14.4. The molecule has 4 nitrogen and oxygen atoms in total. The predicted octanol–water partition coefficient (Wildman–Crippen LogP) is 4.38. The van der Waals surface area contributed by atoms with Crippen LogP contribution in [-0.4, -0.2) is 19.7 Å². The van der Waals surface area contributed by atoms with Crippen molar-refractivity contribution in [1.29, 1.82) is 0 Å². The van der Waals surface area contributed by atoms with Crippen molar-refractivity contribution in [2.45, 2.75) is 6.92 Å². The number of H-pyrrole nitrogens is 1. The molecule has 0 atom stereocenters. The fraction of sp³-hybridized carbons (Fsp3) is 0.0526. The molecule has 4 aromatic rings. The van der Waals surface area contributed by atoms with Gasteiger partial charge in [0.25, 0.3) is 0 Å². The van der Waals surface area contributed by atoms with Crippen molar-refractivity contribution < 1.29 is 4.39 Å². The fourth-order valence-corrected chi connectivity index (χ4v) is 2.69. The number of para-hydroxylation sites is 1. The summed E-state index contributed by atoms with van der Waals surface area (Å²) in [5.74, 6) is 0.404. The summed E-state index contributed by atoms with van der Waals surface area (Å²) in [6.07, 6.45) is 3.45. The van der Waals surface area contributed by atoms with Crippen LogP contribution in [0.25, 0.3) is 28.3 Å². The van der Waals surface area contributed by atoms with Gasteiger partial charge in [-0.3, -0.25) is 0 Å². The lowest BCUT2D eigenvalue weighted by atomic mass is 10.1. The van der Waals surface area contributed by atoms with Crippen LogP contribution in [0.1, 0.15) is 5.69 Å². The maximum Gasteiger partial charge on any atom is 0.148 e. The lowest BCUT2D eigenvalue weighted by molar-refractivity contribution is 0.611. The highest BCUT2D eigenvalue weighted by atomic mass is 19.1. The number of aromatic amines is 1. The molecule has 0 saturated carbocycles. The van der Waals surface area contributed by atoms with Crippen LogP contribution >= 0.6 is 0 Å². The summed E-state index contributed by atoms with van der Waals surface area (Å²) in [7, 11) is 0. The predicted molar refractivity (Wildman–Crippen MR) is 91.3 cm³/mol. The van der Waals surface area contributed by atoms with E-state index in [1.165, 1.54) is 10.7 Å². The van der Waals surface area contributed by atoms with Gasteiger partial charge in [0.2, 0.25) is 0 Å². The highest BCUT2D eigenvalue weighted by molar-refractivity contribution is 5.66. The molecule has 0 saturated heterocycles.